The van der Waals surface area contributed by atoms with Crippen molar-refractivity contribution in [2.24, 2.45) is 4.99 Å². The number of para-hydroxylation sites is 2. The van der Waals surface area contributed by atoms with Crippen molar-refractivity contribution in [2.75, 3.05) is 50.4 Å². The second-order valence-electron chi connectivity index (χ2n) is 6.92. The van der Waals surface area contributed by atoms with Gasteiger partial charge in [-0.05, 0) is 30.7 Å². The minimum atomic E-state index is -3.26. The minimum Gasteiger partial charge on any atom is -0.506 e. The van der Waals surface area contributed by atoms with Crippen molar-refractivity contribution in [2.45, 2.75) is 11.3 Å². The van der Waals surface area contributed by atoms with E-state index in [9.17, 15) is 13.5 Å². The fraction of sp³-hybridized carbons (Fsp3) is 0.381. The number of anilines is 1. The first kappa shape index (κ1) is 21.0. The van der Waals surface area contributed by atoms with Crippen LogP contribution in [0.15, 0.2) is 64.5 Å². The fourth-order valence-electron chi connectivity index (χ4n) is 3.43. The number of phenolic OH excluding ortho intramolecular Hbond substituents is 1. The Morgan fingerprint density at radius 1 is 1.03 bits per heavy atom. The molecule has 0 spiro atoms. The summed E-state index contributed by atoms with van der Waals surface area (Å²) in [4.78, 5) is 9.01. The number of aromatic hydroxyl groups is 1. The van der Waals surface area contributed by atoms with Crippen LogP contribution in [0.25, 0.3) is 0 Å². The zero-order valence-electron chi connectivity index (χ0n) is 16.7. The number of benzene rings is 2. The summed E-state index contributed by atoms with van der Waals surface area (Å²) in [7, 11) is -1.52. The molecule has 1 saturated heterocycles. The summed E-state index contributed by atoms with van der Waals surface area (Å²) in [6.07, 6.45) is 0.508. The summed E-state index contributed by atoms with van der Waals surface area (Å²) in [5.74, 6) is 1.17. The molecule has 2 N–H and O–H groups in total. The summed E-state index contributed by atoms with van der Waals surface area (Å²) in [5, 5.41) is 13.3. The van der Waals surface area contributed by atoms with E-state index in [1.807, 2.05) is 24.3 Å². The van der Waals surface area contributed by atoms with E-state index in [-0.39, 0.29) is 5.75 Å². The SMILES string of the molecule is CN=C(NCCCS(=O)(=O)c1ccccc1)N1CCN(c2ccccc2O)CC1. The van der Waals surface area contributed by atoms with Crippen molar-refractivity contribution in [3.8, 4) is 5.75 Å². The van der Waals surface area contributed by atoms with Gasteiger partial charge in [0.25, 0.3) is 0 Å². The lowest BCUT2D eigenvalue weighted by Gasteiger charge is -2.37. The van der Waals surface area contributed by atoms with E-state index in [0.717, 1.165) is 37.8 Å². The van der Waals surface area contributed by atoms with Crippen LogP contribution in [0.4, 0.5) is 5.69 Å². The van der Waals surface area contributed by atoms with Crippen molar-refractivity contribution in [3.05, 3.63) is 54.6 Å². The first-order valence-electron chi connectivity index (χ1n) is 9.77. The Hall–Kier alpha value is -2.74. The van der Waals surface area contributed by atoms with Crippen molar-refractivity contribution in [3.63, 3.8) is 0 Å². The van der Waals surface area contributed by atoms with E-state index >= 15 is 0 Å². The number of nitrogens with zero attached hydrogens (tertiary/aromatic N) is 3. The highest BCUT2D eigenvalue weighted by atomic mass is 32.2. The molecule has 3 rings (SSSR count). The Balaban J connectivity index is 1.46. The second-order valence-corrected chi connectivity index (χ2v) is 9.03. The number of aliphatic imine (C=N–C) groups is 1. The lowest BCUT2D eigenvalue weighted by atomic mass is 10.2. The van der Waals surface area contributed by atoms with Gasteiger partial charge in [0.15, 0.2) is 15.8 Å². The average Bonchev–Trinajstić information content (AvgIpc) is 2.75. The molecule has 0 saturated carbocycles. The number of guanidine groups is 1. The molecular weight excluding hydrogens is 388 g/mol. The summed E-state index contributed by atoms with van der Waals surface area (Å²) >= 11 is 0. The Morgan fingerprint density at radius 3 is 2.34 bits per heavy atom. The van der Waals surface area contributed by atoms with Gasteiger partial charge in [-0.2, -0.15) is 0 Å². The monoisotopic (exact) mass is 416 g/mol. The van der Waals surface area contributed by atoms with Crippen LogP contribution in [-0.2, 0) is 9.84 Å². The predicted molar refractivity (Wildman–Crippen MR) is 116 cm³/mol. The van der Waals surface area contributed by atoms with Gasteiger partial charge in [-0.15, -0.1) is 0 Å². The van der Waals surface area contributed by atoms with Gasteiger partial charge in [0.05, 0.1) is 16.3 Å². The van der Waals surface area contributed by atoms with Crippen LogP contribution in [0, 0.1) is 0 Å². The molecule has 29 heavy (non-hydrogen) atoms. The van der Waals surface area contributed by atoms with Crippen LogP contribution in [-0.4, -0.2) is 69.9 Å². The molecule has 0 aliphatic carbocycles. The van der Waals surface area contributed by atoms with Gasteiger partial charge >= 0.3 is 0 Å². The van der Waals surface area contributed by atoms with Gasteiger partial charge in [0, 0.05) is 39.8 Å². The molecule has 7 nitrogen and oxygen atoms in total. The molecule has 1 aliphatic heterocycles. The van der Waals surface area contributed by atoms with Crippen molar-refractivity contribution < 1.29 is 13.5 Å². The highest BCUT2D eigenvalue weighted by molar-refractivity contribution is 7.91. The second kappa shape index (κ2) is 9.65. The third kappa shape index (κ3) is 5.41. The number of nitrogens with one attached hydrogen (secondary N) is 1. The molecule has 0 atom stereocenters. The summed E-state index contributed by atoms with van der Waals surface area (Å²) in [5.41, 5.74) is 0.848. The standard InChI is InChI=1S/C21H28N4O3S/c1-22-21(23-12-7-17-29(27,28)18-8-3-2-4-9-18)25-15-13-24(14-16-25)19-10-5-6-11-20(19)26/h2-6,8-11,26H,7,12-17H2,1H3,(H,22,23). The van der Waals surface area contributed by atoms with Gasteiger partial charge in [-0.25, -0.2) is 8.42 Å². The Bertz CT molecular complexity index is 924. The number of phenols is 1. The maximum atomic E-state index is 12.4. The first-order chi connectivity index (χ1) is 14.0. The average molecular weight is 417 g/mol. The van der Waals surface area contributed by atoms with Crippen LogP contribution in [0.5, 0.6) is 5.75 Å². The Morgan fingerprint density at radius 2 is 1.69 bits per heavy atom. The van der Waals surface area contributed by atoms with Crippen LogP contribution >= 0.6 is 0 Å². The highest BCUT2D eigenvalue weighted by Gasteiger charge is 2.21. The fourth-order valence-corrected chi connectivity index (χ4v) is 4.76. The van der Waals surface area contributed by atoms with Gasteiger partial charge < -0.3 is 20.2 Å². The molecule has 0 radical (unpaired) electrons. The molecule has 1 fully saturated rings. The molecule has 2 aromatic carbocycles. The molecule has 156 valence electrons. The van der Waals surface area contributed by atoms with Gasteiger partial charge in [-0.1, -0.05) is 30.3 Å². The molecule has 1 heterocycles. The van der Waals surface area contributed by atoms with Crippen LogP contribution in [0.2, 0.25) is 0 Å². The van der Waals surface area contributed by atoms with Crippen molar-refractivity contribution in [1.82, 2.24) is 10.2 Å². The third-order valence-electron chi connectivity index (χ3n) is 4.99. The number of piperazine rings is 1. The lowest BCUT2D eigenvalue weighted by molar-refractivity contribution is 0.370. The van der Waals surface area contributed by atoms with Crippen molar-refractivity contribution >= 4 is 21.5 Å². The molecule has 8 heteroatoms. The largest absolute Gasteiger partial charge is 0.506 e. The summed E-state index contributed by atoms with van der Waals surface area (Å²) in [6, 6.07) is 15.9. The molecule has 0 unspecified atom stereocenters. The van der Waals surface area contributed by atoms with E-state index in [0.29, 0.717) is 23.6 Å². The zero-order chi connectivity index (χ0) is 20.7. The molecular formula is C21H28N4O3S. The van der Waals surface area contributed by atoms with Crippen LogP contribution in [0.3, 0.4) is 0 Å². The number of sulfone groups is 1. The Kier molecular flexibility index (Phi) is 6.98. The summed E-state index contributed by atoms with van der Waals surface area (Å²) in [6.45, 7) is 3.65. The highest BCUT2D eigenvalue weighted by Crippen LogP contribution is 2.27. The predicted octanol–water partition coefficient (Wildman–Crippen LogP) is 1.95. The van der Waals surface area contributed by atoms with Crippen LogP contribution < -0.4 is 10.2 Å². The quantitative estimate of drug-likeness (QED) is 0.425. The summed E-state index contributed by atoms with van der Waals surface area (Å²) < 4.78 is 24.7. The maximum Gasteiger partial charge on any atom is 0.193 e. The van der Waals surface area contributed by atoms with Gasteiger partial charge in [0.2, 0.25) is 0 Å². The number of hydrogen-bond acceptors (Lipinski definition) is 5. The molecule has 2 aromatic rings. The van der Waals surface area contributed by atoms with Crippen molar-refractivity contribution in [1.29, 1.82) is 0 Å². The van der Waals surface area contributed by atoms with Gasteiger partial charge in [0.1, 0.15) is 5.75 Å². The third-order valence-corrected chi connectivity index (χ3v) is 6.81. The number of hydrogen-bond donors (Lipinski definition) is 2. The van der Waals surface area contributed by atoms with E-state index in [2.05, 4.69) is 20.1 Å². The number of rotatable bonds is 6. The molecule has 0 bridgehead atoms. The van der Waals surface area contributed by atoms with E-state index < -0.39 is 9.84 Å². The van der Waals surface area contributed by atoms with E-state index in [1.165, 1.54) is 0 Å². The minimum absolute atomic E-state index is 0.0993. The first-order valence-corrected chi connectivity index (χ1v) is 11.4. The molecule has 0 amide bonds. The zero-order valence-corrected chi connectivity index (χ0v) is 17.5. The normalized spacial score (nSPS) is 15.4. The molecule has 1 aliphatic rings. The maximum absolute atomic E-state index is 12.4. The topological polar surface area (TPSA) is 85.2 Å². The molecule has 0 aromatic heterocycles. The van der Waals surface area contributed by atoms with E-state index in [4.69, 9.17) is 0 Å². The van der Waals surface area contributed by atoms with Crippen LogP contribution in [0.1, 0.15) is 6.42 Å². The van der Waals surface area contributed by atoms with Gasteiger partial charge in [-0.3, -0.25) is 4.99 Å². The van der Waals surface area contributed by atoms with E-state index in [1.54, 1.807) is 37.4 Å². The smallest absolute Gasteiger partial charge is 0.193 e. The Labute approximate surface area is 172 Å². The lowest BCUT2D eigenvalue weighted by Crippen LogP contribution is -2.52.